The van der Waals surface area contributed by atoms with Crippen molar-refractivity contribution >= 4 is 5.78 Å². The number of ketones is 1. The van der Waals surface area contributed by atoms with Crippen molar-refractivity contribution in [3.63, 3.8) is 0 Å². The molecule has 1 heteroatoms. The van der Waals surface area contributed by atoms with Gasteiger partial charge >= 0.3 is 0 Å². The summed E-state index contributed by atoms with van der Waals surface area (Å²) in [5.41, 5.74) is 17.2. The van der Waals surface area contributed by atoms with Gasteiger partial charge in [0.05, 0.1) is 0 Å². The lowest BCUT2D eigenvalue weighted by Gasteiger charge is -2.25. The lowest BCUT2D eigenvalue weighted by molar-refractivity contribution is 0.101. The average Bonchev–Trinajstić information content (AvgIpc) is 3.28. The van der Waals surface area contributed by atoms with Gasteiger partial charge in [-0.05, 0) is 159 Å². The minimum Gasteiger partial charge on any atom is -0.294 e. The zero-order valence-corrected chi connectivity index (χ0v) is 19.0. The fourth-order valence-corrected chi connectivity index (χ4v) is 7.83. The molecule has 0 N–H and O–H groups in total. The fourth-order valence-electron chi connectivity index (χ4n) is 7.83. The zero-order valence-electron chi connectivity index (χ0n) is 19.0. The van der Waals surface area contributed by atoms with Crippen LogP contribution in [0.1, 0.15) is 98.6 Å². The number of benzene rings is 2. The molecule has 0 aliphatic heterocycles. The summed E-state index contributed by atoms with van der Waals surface area (Å²) in [7, 11) is 0. The van der Waals surface area contributed by atoms with Crippen molar-refractivity contribution < 1.29 is 4.79 Å². The molecule has 0 amide bonds. The Balaban J connectivity index is 1.47. The Morgan fingerprint density at radius 2 is 1.27 bits per heavy atom. The smallest absolute Gasteiger partial charge is 0.160 e. The van der Waals surface area contributed by atoms with Gasteiger partial charge in [-0.2, -0.15) is 0 Å². The number of hydrogen-bond donors (Lipinski definition) is 0. The highest BCUT2D eigenvalue weighted by atomic mass is 16.1. The third kappa shape index (κ3) is 2.57. The topological polar surface area (TPSA) is 17.1 Å². The molecule has 2 aromatic rings. The molecule has 6 rings (SSSR count). The van der Waals surface area contributed by atoms with E-state index in [9.17, 15) is 4.79 Å². The van der Waals surface area contributed by atoms with Crippen molar-refractivity contribution in [3.8, 4) is 0 Å². The highest BCUT2D eigenvalue weighted by Gasteiger charge is 2.46. The molecule has 4 aliphatic carbocycles. The van der Waals surface area contributed by atoms with Gasteiger partial charge in [0, 0.05) is 5.56 Å². The number of fused-ring (bicyclic) bond motifs is 6. The number of carbonyl (C=O) groups is 1. The van der Waals surface area contributed by atoms with Gasteiger partial charge in [-0.1, -0.05) is 6.07 Å². The van der Waals surface area contributed by atoms with E-state index in [1.54, 1.807) is 40.3 Å². The van der Waals surface area contributed by atoms with Crippen LogP contribution in [0.3, 0.4) is 0 Å². The number of rotatable bonds is 1. The quantitative estimate of drug-likeness (QED) is 0.527. The van der Waals surface area contributed by atoms with Gasteiger partial charge in [0.15, 0.2) is 5.78 Å². The molecule has 2 aromatic carbocycles. The molecule has 0 heterocycles. The molecular formula is C29H34O. The number of aryl methyl sites for hydroxylation is 1. The highest BCUT2D eigenvalue weighted by Crippen LogP contribution is 2.52. The average molecular weight is 399 g/mol. The largest absolute Gasteiger partial charge is 0.294 e. The first-order valence-electron chi connectivity index (χ1n) is 12.3. The second-order valence-electron chi connectivity index (χ2n) is 10.9. The third-order valence-corrected chi connectivity index (χ3v) is 8.99. The Labute approximate surface area is 181 Å². The molecule has 4 aliphatic rings. The van der Waals surface area contributed by atoms with Crippen LogP contribution in [0.4, 0.5) is 0 Å². The molecule has 0 radical (unpaired) electrons. The van der Waals surface area contributed by atoms with E-state index in [-0.39, 0.29) is 5.78 Å². The Morgan fingerprint density at radius 1 is 0.700 bits per heavy atom. The van der Waals surface area contributed by atoms with Crippen LogP contribution in [-0.2, 0) is 51.4 Å². The molecule has 1 nitrogen and oxygen atoms in total. The molecule has 0 saturated carbocycles. The monoisotopic (exact) mass is 398 g/mol. The molecule has 1 unspecified atom stereocenters. The molecule has 0 fully saturated rings. The molecule has 156 valence electrons. The molecule has 30 heavy (non-hydrogen) atoms. The number of carbonyl (C=O) groups excluding carboxylic acids is 1. The van der Waals surface area contributed by atoms with E-state index in [0.29, 0.717) is 5.41 Å². The van der Waals surface area contributed by atoms with Crippen molar-refractivity contribution in [1.29, 1.82) is 0 Å². The third-order valence-electron chi connectivity index (χ3n) is 8.99. The summed E-state index contributed by atoms with van der Waals surface area (Å²) in [5.74, 6) is 0.290. The summed E-state index contributed by atoms with van der Waals surface area (Å²) >= 11 is 0. The van der Waals surface area contributed by atoms with Gasteiger partial charge in [-0.3, -0.25) is 4.79 Å². The fraction of sp³-hybridized carbons (Fsp3) is 0.552. The van der Waals surface area contributed by atoms with Crippen LogP contribution in [0.15, 0.2) is 6.07 Å². The maximum absolute atomic E-state index is 12.8. The predicted octanol–water partition coefficient (Wildman–Crippen LogP) is 6.15. The maximum Gasteiger partial charge on any atom is 0.160 e. The Hall–Kier alpha value is -1.89. The van der Waals surface area contributed by atoms with Crippen molar-refractivity contribution in [1.82, 2.24) is 0 Å². The van der Waals surface area contributed by atoms with Crippen LogP contribution >= 0.6 is 0 Å². The van der Waals surface area contributed by atoms with Crippen molar-refractivity contribution in [3.05, 3.63) is 67.3 Å². The zero-order chi connectivity index (χ0) is 20.6. The van der Waals surface area contributed by atoms with Gasteiger partial charge < -0.3 is 0 Å². The van der Waals surface area contributed by atoms with E-state index in [2.05, 4.69) is 19.9 Å². The van der Waals surface area contributed by atoms with E-state index in [4.69, 9.17) is 0 Å². The van der Waals surface area contributed by atoms with E-state index < -0.39 is 0 Å². The summed E-state index contributed by atoms with van der Waals surface area (Å²) in [6.07, 6.45) is 15.1. The molecule has 1 spiro atoms. The Bertz CT molecular complexity index is 1100. The SMILES string of the molecule is CC(=O)c1c(C)c2c(c3c1CC1(Cc4cc(C)c5c(c4C1)CCCC5)C3)CCCC2. The van der Waals surface area contributed by atoms with Gasteiger partial charge in [-0.25, -0.2) is 0 Å². The minimum atomic E-state index is 0.290. The lowest BCUT2D eigenvalue weighted by atomic mass is 9.79. The summed E-state index contributed by atoms with van der Waals surface area (Å²) in [4.78, 5) is 12.8. The summed E-state index contributed by atoms with van der Waals surface area (Å²) in [6.45, 7) is 6.37. The first kappa shape index (κ1) is 18.8. The van der Waals surface area contributed by atoms with Crippen molar-refractivity contribution in [2.75, 3.05) is 0 Å². The Kier molecular flexibility index (Phi) is 4.12. The van der Waals surface area contributed by atoms with E-state index in [1.807, 2.05) is 0 Å². The summed E-state index contributed by atoms with van der Waals surface area (Å²) in [5, 5.41) is 0. The van der Waals surface area contributed by atoms with Crippen molar-refractivity contribution in [2.45, 2.75) is 97.8 Å². The van der Waals surface area contributed by atoms with Gasteiger partial charge in [-0.15, -0.1) is 0 Å². The highest BCUT2D eigenvalue weighted by molar-refractivity contribution is 5.98. The van der Waals surface area contributed by atoms with E-state index in [0.717, 1.165) is 12.0 Å². The van der Waals surface area contributed by atoms with E-state index >= 15 is 0 Å². The first-order valence-corrected chi connectivity index (χ1v) is 12.3. The van der Waals surface area contributed by atoms with Crippen LogP contribution < -0.4 is 0 Å². The molecule has 0 saturated heterocycles. The second-order valence-corrected chi connectivity index (χ2v) is 10.9. The first-order chi connectivity index (χ1) is 14.5. The molecule has 0 bridgehead atoms. The van der Waals surface area contributed by atoms with Crippen LogP contribution in [0, 0.1) is 19.3 Å². The summed E-state index contributed by atoms with van der Waals surface area (Å²) < 4.78 is 0. The maximum atomic E-state index is 12.8. The minimum absolute atomic E-state index is 0.290. The van der Waals surface area contributed by atoms with Gasteiger partial charge in [0.25, 0.3) is 0 Å². The van der Waals surface area contributed by atoms with E-state index in [1.165, 1.54) is 92.9 Å². The molecule has 0 aromatic heterocycles. The van der Waals surface area contributed by atoms with Crippen LogP contribution in [-0.4, -0.2) is 5.78 Å². The van der Waals surface area contributed by atoms with Crippen LogP contribution in [0.2, 0.25) is 0 Å². The second kappa shape index (κ2) is 6.55. The Morgan fingerprint density at radius 3 is 1.97 bits per heavy atom. The molecular weight excluding hydrogens is 364 g/mol. The standard InChI is InChI=1S/C29H34O/c1-17-12-20-13-29(14-25(20)23-10-6-4-8-21(17)23)15-26-24-11-7-5-9-22(24)18(2)28(19(3)30)27(26)16-29/h12H,4-11,13-16H2,1-3H3. The van der Waals surface area contributed by atoms with Crippen LogP contribution in [0.5, 0.6) is 0 Å². The van der Waals surface area contributed by atoms with Crippen molar-refractivity contribution in [2.24, 2.45) is 5.41 Å². The molecule has 1 atom stereocenters. The summed E-state index contributed by atoms with van der Waals surface area (Å²) in [6, 6.07) is 2.53. The van der Waals surface area contributed by atoms with Crippen LogP contribution in [0.25, 0.3) is 0 Å². The van der Waals surface area contributed by atoms with Gasteiger partial charge in [0.1, 0.15) is 0 Å². The number of hydrogen-bond acceptors (Lipinski definition) is 1. The number of Topliss-reactive ketones (excluding diaryl/α,β-unsaturated/α-hetero) is 1. The van der Waals surface area contributed by atoms with Gasteiger partial charge in [0.2, 0.25) is 0 Å². The normalized spacial score (nSPS) is 23.8. The lowest BCUT2D eigenvalue weighted by Crippen LogP contribution is -2.22. The predicted molar refractivity (Wildman–Crippen MR) is 123 cm³/mol.